The van der Waals surface area contributed by atoms with E-state index in [4.69, 9.17) is 40.1 Å². The summed E-state index contributed by atoms with van der Waals surface area (Å²) < 4.78 is 0. The van der Waals surface area contributed by atoms with Crippen LogP contribution in [0.2, 0.25) is 0 Å². The van der Waals surface area contributed by atoms with Gasteiger partial charge >= 0.3 is 5.97 Å². The van der Waals surface area contributed by atoms with Gasteiger partial charge in [-0.2, -0.15) is 0 Å². The number of carboxylic acids is 1. The zero-order valence-electron chi connectivity index (χ0n) is 47.6. The molecular formula is C52H79N19O13S2. The number of nitrogens with two attached hydrogens (primary N) is 7. The normalized spacial score (nSPS) is 19.0. The number of hydrogen-bond acceptors (Lipinski definition) is 18. The van der Waals surface area contributed by atoms with E-state index in [0.717, 1.165) is 15.4 Å². The number of aliphatic hydroxyl groups excluding tert-OH is 2. The van der Waals surface area contributed by atoms with E-state index in [1.165, 1.54) is 28.0 Å². The topological polar surface area (TPSA) is 533 Å². The Morgan fingerprint density at radius 2 is 1.38 bits per heavy atom. The largest absolute Gasteiger partial charge is 0.480 e. The van der Waals surface area contributed by atoms with E-state index in [9.17, 15) is 63.3 Å². The summed E-state index contributed by atoms with van der Waals surface area (Å²) in [6.45, 7) is -0.254. The van der Waals surface area contributed by atoms with Crippen LogP contribution in [0.1, 0.15) is 68.2 Å². The number of thioether (sulfide) groups is 1. The van der Waals surface area contributed by atoms with Crippen molar-refractivity contribution in [3.8, 4) is 0 Å². The molecule has 1 aromatic carbocycles. The van der Waals surface area contributed by atoms with Gasteiger partial charge in [-0.05, 0) is 87.4 Å². The van der Waals surface area contributed by atoms with Crippen molar-refractivity contribution in [1.29, 1.82) is 0 Å². The number of carbonyl (C=O) groups is 10. The van der Waals surface area contributed by atoms with Crippen molar-refractivity contribution >= 4 is 106 Å². The Morgan fingerprint density at radius 3 is 2.00 bits per heavy atom. The third-order valence-electron chi connectivity index (χ3n) is 14.0. The summed E-state index contributed by atoms with van der Waals surface area (Å²) in [6.07, 6.45) is 0.122. The molecule has 0 bridgehead atoms. The number of nitrogens with one attached hydrogen (secondary N) is 6. The first-order chi connectivity index (χ1) is 40.9. The van der Waals surface area contributed by atoms with Crippen LogP contribution in [0.4, 0.5) is 5.69 Å². The second kappa shape index (κ2) is 33.4. The highest BCUT2D eigenvalue weighted by molar-refractivity contribution is 7.99. The molecule has 2 saturated heterocycles. The quantitative estimate of drug-likeness (QED) is 0.0190. The fraction of sp³-hybridized carbons (Fsp3) is 0.558. The van der Waals surface area contributed by atoms with Crippen molar-refractivity contribution in [2.24, 2.45) is 55.1 Å². The molecule has 0 radical (unpaired) electrons. The monoisotopic (exact) mass is 1240 g/mol. The molecule has 0 aliphatic carbocycles. The van der Waals surface area contributed by atoms with Crippen LogP contribution in [0.3, 0.4) is 0 Å². The molecule has 23 N–H and O–H groups in total. The van der Waals surface area contributed by atoms with E-state index in [1.54, 1.807) is 35.7 Å². The summed E-state index contributed by atoms with van der Waals surface area (Å²) in [5.74, 6) is -9.02. The van der Waals surface area contributed by atoms with E-state index in [-0.39, 0.29) is 108 Å². The number of β-amino-alcohol motifs (C(OH)–C–C–N with tert-alkyl or cyclic N) is 1. The lowest BCUT2D eigenvalue weighted by atomic mass is 10.1. The molecular weight excluding hydrogens is 1160 g/mol. The molecule has 5 rings (SSSR count). The van der Waals surface area contributed by atoms with Crippen molar-refractivity contribution in [2.75, 3.05) is 63.1 Å². The SMILES string of the molecule is Cc1ccc2c(c1)SC[C@@H](NC(=O)[C@H](CO)NC(=O)[C@H](Cc1cccs1)NC(=O)CNC(=O)[C@@H]1C[C@@H](O)CN1C(=O)[C@@H]1CCCN1C(=O)[C@H](CCCN=C(N)N)NC(=O)[C@H](N)CCCN=C(N)N)C(=O)N2CC(=O)N[C@@H](CCCN=C(N)N)C(=O)O. The van der Waals surface area contributed by atoms with Gasteiger partial charge < -0.3 is 102 Å². The van der Waals surface area contributed by atoms with Crippen LogP contribution in [0.5, 0.6) is 0 Å². The van der Waals surface area contributed by atoms with Gasteiger partial charge in [0.1, 0.15) is 48.8 Å². The molecule has 2 fully saturated rings. The lowest BCUT2D eigenvalue weighted by Gasteiger charge is -2.33. The standard InChI is InChI=1S/C52H79N19O13S2/c1-27-12-13-36-39(19-27)86-26-35(47(81)71(36)24-41(75)64-32(49(83)84)10-4-16-62-52(58)59)68-44(78)34(25-72)67-43(77)33(21-29-7-6-18-85-29)65-40(74)22-63-45(79)38-20-28(73)23-70(38)48(82)37-11-5-17-69(37)46(80)31(9-3-15-61-51(56)57)66-42(76)30(53)8-2-14-60-50(54)55/h6-7,12-13,18-19,28,30-35,37-38,72-73H,2-5,8-11,14-17,20-26,53H2,1H3,(H,63,79)(H,64,75)(H,65,74)(H,66,76)(H,67,77)(H,68,78)(H,83,84)(H4,54,55,60)(H4,56,57,61)(H4,58,59,62)/t28-,30-,31+,32+,33+,34+,35-,37+,38+/m1/s1. The molecule has 472 valence electrons. The van der Waals surface area contributed by atoms with Crippen LogP contribution in [0, 0.1) is 6.92 Å². The minimum atomic E-state index is -1.69. The Balaban J connectivity index is 1.22. The highest BCUT2D eigenvalue weighted by Crippen LogP contribution is 2.35. The first-order valence-corrected chi connectivity index (χ1v) is 29.6. The number of guanidine groups is 3. The van der Waals surface area contributed by atoms with Crippen molar-refractivity contribution in [3.05, 3.63) is 46.2 Å². The highest BCUT2D eigenvalue weighted by atomic mass is 32.2. The van der Waals surface area contributed by atoms with Gasteiger partial charge in [-0.15, -0.1) is 23.1 Å². The highest BCUT2D eigenvalue weighted by Gasteiger charge is 2.46. The minimum absolute atomic E-state index is 0.0387. The van der Waals surface area contributed by atoms with Gasteiger partial charge in [-0.3, -0.25) is 58.1 Å². The number of nitrogens with zero attached hydrogens (tertiary/aromatic N) is 6. The first kappa shape index (κ1) is 68.4. The summed E-state index contributed by atoms with van der Waals surface area (Å²) in [6, 6.07) is -1.92. The molecule has 34 heteroatoms. The average Bonchev–Trinajstić information content (AvgIpc) is 2.15. The maximum absolute atomic E-state index is 14.4. The summed E-state index contributed by atoms with van der Waals surface area (Å²) in [5, 5.41) is 47.9. The summed E-state index contributed by atoms with van der Waals surface area (Å²) in [7, 11) is 0. The van der Waals surface area contributed by atoms with Crippen LogP contribution in [0.25, 0.3) is 0 Å². The number of aliphatic imine (C=N–C) groups is 3. The van der Waals surface area contributed by atoms with Gasteiger partial charge in [0.05, 0.1) is 31.0 Å². The number of aliphatic carboxylic acids is 1. The number of benzene rings is 1. The van der Waals surface area contributed by atoms with Crippen molar-refractivity contribution in [2.45, 2.75) is 130 Å². The van der Waals surface area contributed by atoms with E-state index in [2.05, 4.69) is 46.9 Å². The zero-order valence-corrected chi connectivity index (χ0v) is 49.2. The zero-order chi connectivity index (χ0) is 63.2. The van der Waals surface area contributed by atoms with Crippen LogP contribution < -0.4 is 76.9 Å². The molecule has 9 amide bonds. The molecule has 32 nitrogen and oxygen atoms in total. The van der Waals surface area contributed by atoms with Gasteiger partial charge in [0, 0.05) is 61.1 Å². The van der Waals surface area contributed by atoms with Crippen LogP contribution in [0.15, 0.2) is 55.6 Å². The predicted octanol–water partition coefficient (Wildman–Crippen LogP) is -6.20. The minimum Gasteiger partial charge on any atom is -0.480 e. The smallest absolute Gasteiger partial charge is 0.326 e. The number of fused-ring (bicyclic) bond motifs is 1. The van der Waals surface area contributed by atoms with Gasteiger partial charge in [-0.25, -0.2) is 4.79 Å². The molecule has 0 unspecified atom stereocenters. The summed E-state index contributed by atoms with van der Waals surface area (Å²) in [4.78, 5) is 153. The maximum Gasteiger partial charge on any atom is 0.326 e. The number of aryl methyl sites for hydroxylation is 1. The summed E-state index contributed by atoms with van der Waals surface area (Å²) >= 11 is 2.43. The number of anilines is 1. The number of carboxylic acid groups (broad SMARTS) is 1. The third kappa shape index (κ3) is 20.7. The fourth-order valence-corrected chi connectivity index (χ4v) is 11.6. The number of hydrogen-bond donors (Lipinski definition) is 16. The Bertz CT molecular complexity index is 2830. The van der Waals surface area contributed by atoms with Crippen LogP contribution in [-0.2, 0) is 54.4 Å². The van der Waals surface area contributed by atoms with Crippen molar-refractivity contribution < 1.29 is 63.3 Å². The Morgan fingerprint density at radius 1 is 0.756 bits per heavy atom. The van der Waals surface area contributed by atoms with Gasteiger partial charge in [-0.1, -0.05) is 12.1 Å². The molecule has 3 aliphatic rings. The van der Waals surface area contributed by atoms with Crippen molar-refractivity contribution in [3.63, 3.8) is 0 Å². The molecule has 4 heterocycles. The number of likely N-dealkylation sites (tertiary alicyclic amines) is 2. The molecule has 0 spiro atoms. The number of carbonyl (C=O) groups excluding carboxylic acids is 9. The lowest BCUT2D eigenvalue weighted by Crippen LogP contribution is -2.59. The second-order valence-electron chi connectivity index (χ2n) is 20.7. The van der Waals surface area contributed by atoms with Gasteiger partial charge in [0.15, 0.2) is 17.9 Å². The number of amides is 9. The van der Waals surface area contributed by atoms with Crippen LogP contribution >= 0.6 is 23.1 Å². The number of rotatable bonds is 31. The average molecular weight is 1240 g/mol. The molecule has 2 aromatic rings. The molecule has 9 atom stereocenters. The second-order valence-corrected chi connectivity index (χ2v) is 22.8. The molecule has 3 aliphatic heterocycles. The lowest BCUT2D eigenvalue weighted by molar-refractivity contribution is -0.148. The molecule has 0 saturated carbocycles. The van der Waals surface area contributed by atoms with Gasteiger partial charge in [0.2, 0.25) is 47.3 Å². The van der Waals surface area contributed by atoms with E-state index >= 15 is 0 Å². The first-order valence-electron chi connectivity index (χ1n) is 27.8. The third-order valence-corrected chi connectivity index (χ3v) is 16.0. The predicted molar refractivity (Wildman–Crippen MR) is 318 cm³/mol. The van der Waals surface area contributed by atoms with E-state index < -0.39 is 133 Å². The van der Waals surface area contributed by atoms with Crippen molar-refractivity contribution in [1.82, 2.24) is 41.7 Å². The Labute approximate surface area is 503 Å². The number of aliphatic hydroxyl groups is 2. The van der Waals surface area contributed by atoms with Crippen LogP contribution in [-0.4, -0.2) is 215 Å². The molecule has 86 heavy (non-hydrogen) atoms. The Kier molecular flexibility index (Phi) is 26.6. The Hall–Kier alpha value is -8.34. The maximum atomic E-state index is 14.4. The number of thiophene rings is 1. The fourth-order valence-electron chi connectivity index (χ4n) is 9.71. The molecule has 1 aromatic heterocycles. The van der Waals surface area contributed by atoms with E-state index in [1.807, 2.05) is 6.92 Å². The van der Waals surface area contributed by atoms with Gasteiger partial charge in [0.25, 0.3) is 5.91 Å². The van der Waals surface area contributed by atoms with E-state index in [0.29, 0.717) is 28.3 Å². The summed E-state index contributed by atoms with van der Waals surface area (Å²) in [5.41, 5.74) is 39.7.